The third kappa shape index (κ3) is 7.65. The molecule has 3 rings (SSSR count). The van der Waals surface area contributed by atoms with Crippen LogP contribution in [0.25, 0.3) is 0 Å². The summed E-state index contributed by atoms with van der Waals surface area (Å²) >= 11 is 0. The number of hydrogen-bond acceptors (Lipinski definition) is 5. The number of amides is 2. The number of ether oxygens (including phenoxy) is 2. The number of nitrogens with zero attached hydrogens (tertiary/aromatic N) is 2. The zero-order chi connectivity index (χ0) is 23.2. The lowest BCUT2D eigenvalue weighted by atomic mass is 9.83. The number of nitrogens with one attached hydrogen (secondary N) is 1. The van der Waals surface area contributed by atoms with Crippen LogP contribution in [0.15, 0.2) is 30.3 Å². The average Bonchev–Trinajstić information content (AvgIpc) is 2.74. The van der Waals surface area contributed by atoms with Gasteiger partial charge >= 0.3 is 12.2 Å². The number of piperazine rings is 1. The third-order valence-electron chi connectivity index (χ3n) is 5.95. The maximum Gasteiger partial charge on any atom is 0.410 e. The Kier molecular flexibility index (Phi) is 7.98. The zero-order valence-electron chi connectivity index (χ0n) is 19.4. The smallest absolute Gasteiger partial charge is 0.410 e. The minimum atomic E-state index is -1.26. The van der Waals surface area contributed by atoms with E-state index in [1.807, 2.05) is 51.1 Å². The van der Waals surface area contributed by atoms with Gasteiger partial charge < -0.3 is 19.7 Å². The summed E-state index contributed by atoms with van der Waals surface area (Å²) in [6, 6.07) is 9.54. The Balaban J connectivity index is 1.36. The van der Waals surface area contributed by atoms with E-state index in [-0.39, 0.29) is 18.7 Å². The van der Waals surface area contributed by atoms with Crippen molar-refractivity contribution < 1.29 is 23.5 Å². The molecular formula is C24H36FN3O4. The molecule has 0 spiro atoms. The minimum Gasteiger partial charge on any atom is -0.445 e. The number of hydrogen-bond donors (Lipinski definition) is 1. The van der Waals surface area contributed by atoms with Crippen LogP contribution in [0.4, 0.5) is 14.0 Å². The first-order valence-corrected chi connectivity index (χ1v) is 11.5. The van der Waals surface area contributed by atoms with E-state index in [9.17, 15) is 9.59 Å². The highest BCUT2D eigenvalue weighted by atomic mass is 19.1. The van der Waals surface area contributed by atoms with Crippen LogP contribution in [-0.4, -0.2) is 72.0 Å². The minimum absolute atomic E-state index is 0.0510. The molecule has 1 aliphatic heterocycles. The summed E-state index contributed by atoms with van der Waals surface area (Å²) in [5.74, 6) is 0. The van der Waals surface area contributed by atoms with Gasteiger partial charge in [-0.15, -0.1) is 0 Å². The molecule has 1 aromatic carbocycles. The summed E-state index contributed by atoms with van der Waals surface area (Å²) in [7, 11) is 0. The number of alkyl carbamates (subject to hydrolysis) is 1. The lowest BCUT2D eigenvalue weighted by Crippen LogP contribution is -2.53. The summed E-state index contributed by atoms with van der Waals surface area (Å²) in [4.78, 5) is 28.0. The molecule has 0 unspecified atom stereocenters. The molecule has 1 aromatic rings. The maximum absolute atomic E-state index is 15.4. The van der Waals surface area contributed by atoms with Crippen molar-refractivity contribution in [3.8, 4) is 0 Å². The van der Waals surface area contributed by atoms with Gasteiger partial charge in [-0.25, -0.2) is 14.0 Å². The Morgan fingerprint density at radius 3 is 2.31 bits per heavy atom. The highest BCUT2D eigenvalue weighted by Gasteiger charge is 2.38. The first kappa shape index (κ1) is 24.3. The van der Waals surface area contributed by atoms with Gasteiger partial charge in [-0.1, -0.05) is 30.3 Å². The topological polar surface area (TPSA) is 71.1 Å². The van der Waals surface area contributed by atoms with Crippen molar-refractivity contribution in [3.05, 3.63) is 35.9 Å². The number of carbonyl (C=O) groups is 2. The Bertz CT molecular complexity index is 752. The van der Waals surface area contributed by atoms with Crippen LogP contribution in [0.5, 0.6) is 0 Å². The maximum atomic E-state index is 15.4. The van der Waals surface area contributed by atoms with Crippen molar-refractivity contribution >= 4 is 12.2 Å². The first-order chi connectivity index (χ1) is 15.1. The fourth-order valence-electron chi connectivity index (χ4n) is 4.21. The molecule has 1 saturated carbocycles. The predicted octanol–water partition coefficient (Wildman–Crippen LogP) is 4.12. The summed E-state index contributed by atoms with van der Waals surface area (Å²) < 4.78 is 26.1. The normalized spacial score (nSPS) is 24.6. The van der Waals surface area contributed by atoms with E-state index < -0.39 is 17.4 Å². The van der Waals surface area contributed by atoms with Crippen LogP contribution in [0.2, 0.25) is 0 Å². The van der Waals surface area contributed by atoms with Crippen molar-refractivity contribution in [2.75, 3.05) is 32.7 Å². The number of alkyl halides is 1. The van der Waals surface area contributed by atoms with Gasteiger partial charge in [0.25, 0.3) is 0 Å². The lowest BCUT2D eigenvalue weighted by Gasteiger charge is -2.40. The first-order valence-electron chi connectivity index (χ1n) is 11.5. The SMILES string of the molecule is CC(C)(C)OC(=O)NC1CCC(F)(CN2CCN(C(=O)OCc3ccccc3)CC2)CC1. The fraction of sp³-hybridized carbons (Fsp3) is 0.667. The molecule has 1 heterocycles. The van der Waals surface area contributed by atoms with Gasteiger partial charge in [0.2, 0.25) is 0 Å². The molecule has 32 heavy (non-hydrogen) atoms. The molecule has 8 heteroatoms. The Morgan fingerprint density at radius 2 is 1.72 bits per heavy atom. The summed E-state index contributed by atoms with van der Waals surface area (Å²) in [6.07, 6.45) is 1.25. The standard InChI is InChI=1S/C24H36FN3O4/c1-23(2,3)32-21(29)26-20-9-11-24(25,12-10-20)18-27-13-15-28(16-14-27)22(30)31-17-19-7-5-4-6-8-19/h4-8,20H,9-18H2,1-3H3,(H,26,29). The van der Waals surface area contributed by atoms with Gasteiger partial charge in [-0.2, -0.15) is 0 Å². The van der Waals surface area contributed by atoms with Crippen molar-refractivity contribution in [2.24, 2.45) is 0 Å². The second-order valence-electron chi connectivity index (χ2n) is 9.87. The molecule has 2 aliphatic rings. The van der Waals surface area contributed by atoms with Crippen LogP contribution >= 0.6 is 0 Å². The summed E-state index contributed by atoms with van der Waals surface area (Å²) in [6.45, 7) is 8.41. The van der Waals surface area contributed by atoms with Crippen LogP contribution in [-0.2, 0) is 16.1 Å². The summed E-state index contributed by atoms with van der Waals surface area (Å²) in [5, 5.41) is 2.86. The van der Waals surface area contributed by atoms with E-state index in [2.05, 4.69) is 10.2 Å². The van der Waals surface area contributed by atoms with Gasteiger partial charge in [-0.05, 0) is 52.0 Å². The highest BCUT2D eigenvalue weighted by Crippen LogP contribution is 2.33. The van der Waals surface area contributed by atoms with E-state index in [1.165, 1.54) is 0 Å². The number of rotatable bonds is 5. The third-order valence-corrected chi connectivity index (χ3v) is 5.95. The molecule has 0 aromatic heterocycles. The van der Waals surface area contributed by atoms with Crippen LogP contribution in [0.1, 0.15) is 52.0 Å². The van der Waals surface area contributed by atoms with Gasteiger partial charge in [0.05, 0.1) is 0 Å². The Morgan fingerprint density at radius 1 is 1.09 bits per heavy atom. The van der Waals surface area contributed by atoms with Crippen LogP contribution in [0.3, 0.4) is 0 Å². The quantitative estimate of drug-likeness (QED) is 0.732. The molecule has 178 valence electrons. The highest BCUT2D eigenvalue weighted by molar-refractivity contribution is 5.68. The zero-order valence-corrected chi connectivity index (χ0v) is 19.4. The van der Waals surface area contributed by atoms with Crippen molar-refractivity contribution in [1.82, 2.24) is 15.1 Å². The lowest BCUT2D eigenvalue weighted by molar-refractivity contribution is 0.0177. The van der Waals surface area contributed by atoms with E-state index in [0.29, 0.717) is 58.4 Å². The van der Waals surface area contributed by atoms with Gasteiger partial charge in [0.1, 0.15) is 17.9 Å². The molecule has 0 atom stereocenters. The largest absolute Gasteiger partial charge is 0.445 e. The second kappa shape index (κ2) is 10.5. The van der Waals surface area contributed by atoms with E-state index in [1.54, 1.807) is 4.90 Å². The second-order valence-corrected chi connectivity index (χ2v) is 9.87. The van der Waals surface area contributed by atoms with Gasteiger partial charge in [0.15, 0.2) is 0 Å². The van der Waals surface area contributed by atoms with E-state index in [0.717, 1.165) is 5.56 Å². The van der Waals surface area contributed by atoms with Gasteiger partial charge in [-0.3, -0.25) is 4.90 Å². The number of benzene rings is 1. The molecule has 1 aliphatic carbocycles. The number of carbonyl (C=O) groups excluding carboxylic acids is 2. The molecule has 0 radical (unpaired) electrons. The predicted molar refractivity (Wildman–Crippen MR) is 120 cm³/mol. The van der Waals surface area contributed by atoms with Gasteiger partial charge in [0, 0.05) is 38.8 Å². The van der Waals surface area contributed by atoms with E-state index in [4.69, 9.17) is 9.47 Å². The van der Waals surface area contributed by atoms with Crippen molar-refractivity contribution in [1.29, 1.82) is 0 Å². The molecule has 7 nitrogen and oxygen atoms in total. The van der Waals surface area contributed by atoms with Crippen LogP contribution in [0, 0.1) is 0 Å². The number of halogens is 1. The average molecular weight is 450 g/mol. The molecule has 1 saturated heterocycles. The molecular weight excluding hydrogens is 413 g/mol. The van der Waals surface area contributed by atoms with Crippen LogP contribution < -0.4 is 5.32 Å². The van der Waals surface area contributed by atoms with Crippen molar-refractivity contribution in [3.63, 3.8) is 0 Å². The Hall–Kier alpha value is -2.35. The molecule has 0 bridgehead atoms. The monoisotopic (exact) mass is 449 g/mol. The molecule has 2 amide bonds. The fourth-order valence-corrected chi connectivity index (χ4v) is 4.21. The summed E-state index contributed by atoms with van der Waals surface area (Å²) in [5.41, 5.74) is -0.850. The molecule has 1 N–H and O–H groups in total. The van der Waals surface area contributed by atoms with Crippen molar-refractivity contribution in [2.45, 2.75) is 70.4 Å². The Labute approximate surface area is 190 Å². The molecule has 2 fully saturated rings. The van der Waals surface area contributed by atoms with E-state index >= 15 is 4.39 Å².